The maximum absolute atomic E-state index is 11.8. The van der Waals surface area contributed by atoms with Gasteiger partial charge in [0.2, 0.25) is 0 Å². The van der Waals surface area contributed by atoms with Gasteiger partial charge in [-0.1, -0.05) is 29.8 Å². The molecule has 0 atom stereocenters. The molecule has 108 valence electrons. The van der Waals surface area contributed by atoms with E-state index in [1.165, 1.54) is 6.07 Å². The van der Waals surface area contributed by atoms with Crippen LogP contribution in [0.4, 0.5) is 0 Å². The average molecular weight is 304 g/mol. The molecule has 4 nitrogen and oxygen atoms in total. The number of benzene rings is 2. The molecule has 0 heterocycles. The smallest absolute Gasteiger partial charge is 0.330 e. The maximum Gasteiger partial charge on any atom is 0.330 e. The predicted molar refractivity (Wildman–Crippen MR) is 80.6 cm³/mol. The molecule has 0 saturated heterocycles. The molecule has 21 heavy (non-hydrogen) atoms. The number of nitrogens with one attached hydrogen (secondary N) is 1. The van der Waals surface area contributed by atoms with Gasteiger partial charge in [-0.3, -0.25) is 4.79 Å². The number of amides is 1. The monoisotopic (exact) mass is 303 g/mol. The second-order valence-electron chi connectivity index (χ2n) is 4.48. The number of carbonyl (C=O) groups excluding carboxylic acids is 2. The number of ether oxygens (including phenoxy) is 1. The lowest BCUT2D eigenvalue weighted by atomic mass is 10.2. The van der Waals surface area contributed by atoms with Gasteiger partial charge >= 0.3 is 5.97 Å². The van der Waals surface area contributed by atoms with Crippen molar-refractivity contribution in [2.24, 2.45) is 0 Å². The maximum atomic E-state index is 11.8. The molecule has 0 fully saturated rings. The molecule has 0 radical (unpaired) electrons. The van der Waals surface area contributed by atoms with Crippen LogP contribution in [0.3, 0.4) is 0 Å². The fourth-order valence-corrected chi connectivity index (χ4v) is 1.92. The van der Waals surface area contributed by atoms with Crippen LogP contribution in [0.2, 0.25) is 5.02 Å². The topological polar surface area (TPSA) is 55.4 Å². The summed E-state index contributed by atoms with van der Waals surface area (Å²) in [4.78, 5) is 23.5. The van der Waals surface area contributed by atoms with Crippen molar-refractivity contribution in [3.8, 4) is 5.75 Å². The molecular weight excluding hydrogens is 290 g/mol. The largest absolute Gasteiger partial charge is 0.425 e. The number of carbonyl (C=O) groups is 2. The zero-order valence-corrected chi connectivity index (χ0v) is 12.2. The fourth-order valence-electron chi connectivity index (χ4n) is 1.73. The van der Waals surface area contributed by atoms with Crippen molar-refractivity contribution < 1.29 is 14.3 Å². The van der Waals surface area contributed by atoms with Gasteiger partial charge in [-0.2, -0.15) is 0 Å². The van der Waals surface area contributed by atoms with Gasteiger partial charge in [0.05, 0.1) is 0 Å². The zero-order valence-electron chi connectivity index (χ0n) is 11.4. The van der Waals surface area contributed by atoms with Crippen molar-refractivity contribution in [2.75, 3.05) is 6.54 Å². The first-order valence-corrected chi connectivity index (χ1v) is 6.73. The van der Waals surface area contributed by atoms with E-state index in [0.717, 1.165) is 5.56 Å². The SMILES string of the molecule is Cc1cccc(OC(=O)CNC(=O)c2cccc(Cl)c2)c1. The minimum atomic E-state index is -0.532. The van der Waals surface area contributed by atoms with E-state index in [9.17, 15) is 9.59 Å². The van der Waals surface area contributed by atoms with E-state index in [1.807, 2.05) is 13.0 Å². The van der Waals surface area contributed by atoms with Gasteiger partial charge in [-0.05, 0) is 42.8 Å². The van der Waals surface area contributed by atoms with E-state index in [4.69, 9.17) is 16.3 Å². The molecule has 0 aliphatic rings. The molecule has 2 aromatic carbocycles. The lowest BCUT2D eigenvalue weighted by molar-refractivity contribution is -0.133. The molecule has 0 aliphatic heterocycles. The van der Waals surface area contributed by atoms with Crippen molar-refractivity contribution in [1.29, 1.82) is 0 Å². The molecule has 0 aliphatic carbocycles. The van der Waals surface area contributed by atoms with Crippen LogP contribution in [0.1, 0.15) is 15.9 Å². The summed E-state index contributed by atoms with van der Waals surface area (Å²) < 4.78 is 5.13. The number of halogens is 1. The van der Waals surface area contributed by atoms with Crippen LogP contribution in [-0.4, -0.2) is 18.4 Å². The normalized spacial score (nSPS) is 10.0. The van der Waals surface area contributed by atoms with Gasteiger partial charge in [0.15, 0.2) is 0 Å². The summed E-state index contributed by atoms with van der Waals surface area (Å²) in [6.07, 6.45) is 0. The molecule has 0 unspecified atom stereocenters. The van der Waals surface area contributed by atoms with Crippen LogP contribution in [0.5, 0.6) is 5.75 Å². The van der Waals surface area contributed by atoms with Crippen molar-refractivity contribution in [1.82, 2.24) is 5.32 Å². The van der Waals surface area contributed by atoms with Crippen molar-refractivity contribution in [2.45, 2.75) is 6.92 Å². The Morgan fingerprint density at radius 2 is 1.90 bits per heavy atom. The van der Waals surface area contributed by atoms with Crippen LogP contribution >= 0.6 is 11.6 Å². The summed E-state index contributed by atoms with van der Waals surface area (Å²) in [6, 6.07) is 13.6. The minimum absolute atomic E-state index is 0.209. The highest BCUT2D eigenvalue weighted by Gasteiger charge is 2.10. The number of hydrogen-bond acceptors (Lipinski definition) is 3. The molecule has 5 heteroatoms. The highest BCUT2D eigenvalue weighted by molar-refractivity contribution is 6.30. The van der Waals surface area contributed by atoms with Gasteiger partial charge in [-0.15, -0.1) is 0 Å². The van der Waals surface area contributed by atoms with Crippen LogP contribution in [0, 0.1) is 6.92 Å². The Labute approximate surface area is 127 Å². The van der Waals surface area contributed by atoms with Gasteiger partial charge in [-0.25, -0.2) is 4.79 Å². The summed E-state index contributed by atoms with van der Waals surface area (Å²) in [5.74, 6) is -0.452. The first kappa shape index (κ1) is 15.1. The molecule has 2 aromatic rings. The van der Waals surface area contributed by atoms with Crippen LogP contribution in [0.25, 0.3) is 0 Å². The van der Waals surface area contributed by atoms with Gasteiger partial charge in [0.25, 0.3) is 5.91 Å². The zero-order chi connectivity index (χ0) is 15.2. The van der Waals surface area contributed by atoms with Gasteiger partial charge in [0.1, 0.15) is 12.3 Å². The van der Waals surface area contributed by atoms with E-state index in [2.05, 4.69) is 5.32 Å². The second kappa shape index (κ2) is 6.90. The Hall–Kier alpha value is -2.33. The number of rotatable bonds is 4. The molecule has 0 saturated carbocycles. The lowest BCUT2D eigenvalue weighted by Crippen LogP contribution is -2.31. The molecule has 0 spiro atoms. The summed E-state index contributed by atoms with van der Waals surface area (Å²) in [6.45, 7) is 1.69. The van der Waals surface area contributed by atoms with Crippen molar-refractivity contribution in [3.05, 3.63) is 64.7 Å². The molecule has 1 N–H and O–H groups in total. The number of esters is 1. The molecular formula is C16H14ClNO3. The van der Waals surface area contributed by atoms with Crippen LogP contribution in [-0.2, 0) is 4.79 Å². The van der Waals surface area contributed by atoms with E-state index in [1.54, 1.807) is 36.4 Å². The Bertz CT molecular complexity index is 670. The first-order valence-electron chi connectivity index (χ1n) is 6.36. The average Bonchev–Trinajstić information content (AvgIpc) is 2.45. The Balaban J connectivity index is 1.88. The molecule has 1 amide bonds. The van der Waals surface area contributed by atoms with Gasteiger partial charge < -0.3 is 10.1 Å². The number of hydrogen-bond donors (Lipinski definition) is 1. The van der Waals surface area contributed by atoms with Crippen molar-refractivity contribution >= 4 is 23.5 Å². The molecule has 2 rings (SSSR count). The van der Waals surface area contributed by atoms with E-state index >= 15 is 0 Å². The Morgan fingerprint density at radius 3 is 2.62 bits per heavy atom. The highest BCUT2D eigenvalue weighted by atomic mass is 35.5. The summed E-state index contributed by atoms with van der Waals surface area (Å²) in [7, 11) is 0. The Kier molecular flexibility index (Phi) is 4.95. The summed E-state index contributed by atoms with van der Waals surface area (Å²) in [5.41, 5.74) is 1.38. The van der Waals surface area contributed by atoms with Crippen LogP contribution in [0.15, 0.2) is 48.5 Å². The predicted octanol–water partition coefficient (Wildman–Crippen LogP) is 2.98. The third-order valence-electron chi connectivity index (χ3n) is 2.70. The quantitative estimate of drug-likeness (QED) is 0.698. The van der Waals surface area contributed by atoms with Crippen LogP contribution < -0.4 is 10.1 Å². The molecule has 0 bridgehead atoms. The van der Waals surface area contributed by atoms with Crippen molar-refractivity contribution in [3.63, 3.8) is 0 Å². The minimum Gasteiger partial charge on any atom is -0.425 e. The number of aryl methyl sites for hydroxylation is 1. The standard InChI is InChI=1S/C16H14ClNO3/c1-11-4-2-7-14(8-11)21-15(19)10-18-16(20)12-5-3-6-13(17)9-12/h2-9H,10H2,1H3,(H,18,20). The van der Waals surface area contributed by atoms with E-state index in [0.29, 0.717) is 16.3 Å². The Morgan fingerprint density at radius 1 is 1.14 bits per heavy atom. The molecule has 0 aromatic heterocycles. The second-order valence-corrected chi connectivity index (χ2v) is 4.92. The van der Waals surface area contributed by atoms with E-state index < -0.39 is 5.97 Å². The highest BCUT2D eigenvalue weighted by Crippen LogP contribution is 2.12. The van der Waals surface area contributed by atoms with E-state index in [-0.39, 0.29) is 12.5 Å². The lowest BCUT2D eigenvalue weighted by Gasteiger charge is -2.07. The summed E-state index contributed by atoms with van der Waals surface area (Å²) >= 11 is 5.80. The summed E-state index contributed by atoms with van der Waals surface area (Å²) in [5, 5.41) is 2.95. The van der Waals surface area contributed by atoms with Gasteiger partial charge in [0, 0.05) is 10.6 Å². The third-order valence-corrected chi connectivity index (χ3v) is 2.94. The first-order chi connectivity index (χ1) is 10.0. The fraction of sp³-hybridized carbons (Fsp3) is 0.125. The third kappa shape index (κ3) is 4.61.